The third kappa shape index (κ3) is 2.08. The van der Waals surface area contributed by atoms with E-state index in [-0.39, 0.29) is 11.7 Å². The first-order valence-corrected chi connectivity index (χ1v) is 7.08. The Morgan fingerprint density at radius 1 is 1.33 bits per heavy atom. The summed E-state index contributed by atoms with van der Waals surface area (Å²) in [6, 6.07) is 10.6. The maximum Gasteiger partial charge on any atom is 0.348 e. The molecule has 1 aliphatic rings. The summed E-state index contributed by atoms with van der Waals surface area (Å²) in [5.74, 6) is 0.739. The molecular weight excluding hydrogens is 266 g/mol. The van der Waals surface area contributed by atoms with Crippen LogP contribution in [0.15, 0.2) is 41.5 Å². The van der Waals surface area contributed by atoms with Crippen LogP contribution in [0.25, 0.3) is 5.65 Å². The summed E-state index contributed by atoms with van der Waals surface area (Å²) in [5, 5.41) is 9.83. The topological polar surface area (TPSA) is 75.1 Å². The second-order valence-electron chi connectivity index (χ2n) is 5.32. The molecule has 1 atom stereocenters. The summed E-state index contributed by atoms with van der Waals surface area (Å²) in [7, 11) is 0. The molecule has 0 aliphatic heterocycles. The van der Waals surface area contributed by atoms with Crippen molar-refractivity contribution in [3.8, 4) is 0 Å². The summed E-state index contributed by atoms with van der Waals surface area (Å²) in [5.41, 5.74) is 3.04. The number of hydrogen-bond acceptors (Lipinski definition) is 4. The highest BCUT2D eigenvalue weighted by Gasteiger charge is 2.20. The van der Waals surface area contributed by atoms with E-state index in [1.807, 2.05) is 0 Å². The number of aromatic nitrogens is 4. The molecule has 3 aromatic rings. The number of rotatable bonds is 2. The molecule has 0 spiro atoms. The molecule has 0 amide bonds. The zero-order chi connectivity index (χ0) is 14.2. The fourth-order valence-corrected chi connectivity index (χ4v) is 2.97. The van der Waals surface area contributed by atoms with Crippen LogP contribution in [0.1, 0.15) is 30.0 Å². The summed E-state index contributed by atoms with van der Waals surface area (Å²) >= 11 is 0. The number of nitrogens with zero attached hydrogens (tertiary/aromatic N) is 3. The predicted octanol–water partition coefficient (Wildman–Crippen LogP) is 1.91. The smallest absolute Gasteiger partial charge is 0.348 e. The Balaban J connectivity index is 1.67. The van der Waals surface area contributed by atoms with E-state index in [9.17, 15) is 4.79 Å². The number of H-pyrrole nitrogens is 1. The Morgan fingerprint density at radius 2 is 2.24 bits per heavy atom. The van der Waals surface area contributed by atoms with Crippen LogP contribution in [0, 0.1) is 0 Å². The molecule has 4 rings (SSSR count). The van der Waals surface area contributed by atoms with Gasteiger partial charge in [-0.1, -0.05) is 24.3 Å². The Morgan fingerprint density at radius 3 is 3.19 bits per heavy atom. The van der Waals surface area contributed by atoms with E-state index in [1.54, 1.807) is 6.07 Å². The van der Waals surface area contributed by atoms with Gasteiger partial charge in [-0.05, 0) is 30.4 Å². The third-order valence-corrected chi connectivity index (χ3v) is 4.00. The van der Waals surface area contributed by atoms with E-state index in [0.717, 1.165) is 18.7 Å². The number of aromatic amines is 1. The second kappa shape index (κ2) is 4.73. The van der Waals surface area contributed by atoms with Crippen molar-refractivity contribution in [2.75, 3.05) is 5.32 Å². The molecule has 1 aromatic carbocycles. The lowest BCUT2D eigenvalue weighted by molar-refractivity contribution is 0.598. The molecule has 106 valence electrons. The van der Waals surface area contributed by atoms with Gasteiger partial charge in [0.1, 0.15) is 12.1 Å². The zero-order valence-corrected chi connectivity index (χ0v) is 11.4. The largest absolute Gasteiger partial charge is 0.363 e. The van der Waals surface area contributed by atoms with Crippen molar-refractivity contribution < 1.29 is 0 Å². The highest BCUT2D eigenvalue weighted by atomic mass is 16.1. The van der Waals surface area contributed by atoms with Crippen LogP contribution in [0.3, 0.4) is 0 Å². The van der Waals surface area contributed by atoms with E-state index in [0.29, 0.717) is 5.65 Å². The van der Waals surface area contributed by atoms with Crippen LogP contribution in [0.4, 0.5) is 5.82 Å². The van der Waals surface area contributed by atoms with Crippen molar-refractivity contribution in [2.24, 2.45) is 0 Å². The lowest BCUT2D eigenvalue weighted by Gasteiger charge is -2.26. The fraction of sp³-hybridized carbons (Fsp3) is 0.267. The van der Waals surface area contributed by atoms with Crippen molar-refractivity contribution in [3.63, 3.8) is 0 Å². The number of nitrogens with one attached hydrogen (secondary N) is 2. The standard InChI is InChI=1S/C15H15N5O/c21-15-19-18-14-8-13(16-9-20(14)15)17-12-7-3-5-10-4-1-2-6-11(10)12/h1-2,4,6,8-9,12,17H,3,5,7H2,(H,19,21). The van der Waals surface area contributed by atoms with E-state index in [1.165, 1.54) is 28.3 Å². The first kappa shape index (κ1) is 12.1. The maximum atomic E-state index is 11.4. The quantitative estimate of drug-likeness (QED) is 0.752. The Bertz CT molecular complexity index is 850. The highest BCUT2D eigenvalue weighted by Crippen LogP contribution is 2.31. The van der Waals surface area contributed by atoms with Crippen molar-refractivity contribution in [2.45, 2.75) is 25.3 Å². The number of hydrogen-bond donors (Lipinski definition) is 2. The third-order valence-electron chi connectivity index (χ3n) is 4.00. The Labute approximate surface area is 120 Å². The predicted molar refractivity (Wildman–Crippen MR) is 79.4 cm³/mol. The average Bonchev–Trinajstić information content (AvgIpc) is 2.89. The Hall–Kier alpha value is -2.63. The van der Waals surface area contributed by atoms with Crippen LogP contribution < -0.4 is 11.0 Å². The SMILES string of the molecule is O=c1[nH]nc2cc(NC3CCCc4ccccc43)ncn12. The van der Waals surface area contributed by atoms with Crippen molar-refractivity contribution in [3.05, 3.63) is 58.3 Å². The molecule has 21 heavy (non-hydrogen) atoms. The number of benzene rings is 1. The molecule has 1 unspecified atom stereocenters. The summed E-state index contributed by atoms with van der Waals surface area (Å²) < 4.78 is 1.39. The van der Waals surface area contributed by atoms with E-state index >= 15 is 0 Å². The van der Waals surface area contributed by atoms with Crippen molar-refractivity contribution >= 4 is 11.5 Å². The second-order valence-corrected chi connectivity index (χ2v) is 5.32. The summed E-state index contributed by atoms with van der Waals surface area (Å²) in [6.07, 6.45) is 4.88. The Kier molecular flexibility index (Phi) is 2.73. The maximum absolute atomic E-state index is 11.4. The van der Waals surface area contributed by atoms with Gasteiger partial charge in [-0.2, -0.15) is 5.10 Å². The molecule has 0 saturated heterocycles. The van der Waals surface area contributed by atoms with Crippen LogP contribution in [-0.4, -0.2) is 19.6 Å². The van der Waals surface area contributed by atoms with Crippen LogP contribution in [0.5, 0.6) is 0 Å². The van der Waals surface area contributed by atoms with Gasteiger partial charge in [0, 0.05) is 6.07 Å². The number of aryl methyl sites for hydroxylation is 1. The van der Waals surface area contributed by atoms with Crippen LogP contribution in [0.2, 0.25) is 0 Å². The van der Waals surface area contributed by atoms with Gasteiger partial charge < -0.3 is 5.32 Å². The van der Waals surface area contributed by atoms with Gasteiger partial charge in [-0.25, -0.2) is 19.3 Å². The minimum atomic E-state index is -0.271. The van der Waals surface area contributed by atoms with Gasteiger partial charge >= 0.3 is 5.69 Å². The monoisotopic (exact) mass is 281 g/mol. The molecule has 0 radical (unpaired) electrons. The molecule has 0 fully saturated rings. The number of fused-ring (bicyclic) bond motifs is 2. The minimum Gasteiger partial charge on any atom is -0.363 e. The lowest BCUT2D eigenvalue weighted by atomic mass is 9.88. The number of anilines is 1. The van der Waals surface area contributed by atoms with E-state index < -0.39 is 0 Å². The van der Waals surface area contributed by atoms with E-state index in [2.05, 4.69) is 44.8 Å². The van der Waals surface area contributed by atoms with Gasteiger partial charge in [-0.15, -0.1) is 0 Å². The summed E-state index contributed by atoms with van der Waals surface area (Å²) in [4.78, 5) is 15.7. The molecule has 6 nitrogen and oxygen atoms in total. The van der Waals surface area contributed by atoms with E-state index in [4.69, 9.17) is 0 Å². The van der Waals surface area contributed by atoms with Gasteiger partial charge in [0.25, 0.3) is 0 Å². The first-order chi connectivity index (χ1) is 10.3. The van der Waals surface area contributed by atoms with Gasteiger partial charge in [0.05, 0.1) is 6.04 Å². The molecular formula is C15H15N5O. The molecule has 2 N–H and O–H groups in total. The summed E-state index contributed by atoms with van der Waals surface area (Å²) in [6.45, 7) is 0. The van der Waals surface area contributed by atoms with Crippen LogP contribution >= 0.6 is 0 Å². The molecule has 0 bridgehead atoms. The molecule has 6 heteroatoms. The highest BCUT2D eigenvalue weighted by molar-refractivity contribution is 5.50. The molecule has 0 saturated carbocycles. The van der Waals surface area contributed by atoms with Gasteiger partial charge in [-0.3, -0.25) is 0 Å². The van der Waals surface area contributed by atoms with Crippen LogP contribution in [-0.2, 0) is 6.42 Å². The molecule has 2 heterocycles. The van der Waals surface area contributed by atoms with Crippen molar-refractivity contribution in [1.29, 1.82) is 0 Å². The zero-order valence-electron chi connectivity index (χ0n) is 11.4. The fourth-order valence-electron chi connectivity index (χ4n) is 2.97. The lowest BCUT2D eigenvalue weighted by Crippen LogP contribution is -2.18. The van der Waals surface area contributed by atoms with Gasteiger partial charge in [0.15, 0.2) is 5.65 Å². The average molecular weight is 281 g/mol. The molecule has 1 aliphatic carbocycles. The normalized spacial score (nSPS) is 17.6. The minimum absolute atomic E-state index is 0.260. The van der Waals surface area contributed by atoms with Crippen molar-refractivity contribution in [1.82, 2.24) is 19.6 Å². The van der Waals surface area contributed by atoms with Gasteiger partial charge in [0.2, 0.25) is 0 Å². The molecule has 2 aromatic heterocycles. The first-order valence-electron chi connectivity index (χ1n) is 7.08.